The van der Waals surface area contributed by atoms with Gasteiger partial charge in [-0.2, -0.15) is 13.2 Å². The molecule has 0 saturated carbocycles. The number of nitrogens with one attached hydrogen (secondary N) is 2. The van der Waals surface area contributed by atoms with Gasteiger partial charge in [0.05, 0.1) is 17.8 Å². The lowest BCUT2D eigenvalue weighted by Gasteiger charge is -2.12. The monoisotopic (exact) mass is 361 g/mol. The molecule has 0 bridgehead atoms. The third-order valence-corrected chi connectivity index (χ3v) is 3.83. The van der Waals surface area contributed by atoms with Crippen molar-refractivity contribution >= 4 is 33.8 Å². The first kappa shape index (κ1) is 17.2. The Morgan fingerprint density at radius 2 is 1.76 bits per heavy atom. The molecule has 3 rings (SSSR count). The lowest BCUT2D eigenvalue weighted by molar-refractivity contribution is -0.137. The van der Waals surface area contributed by atoms with E-state index in [1.807, 2.05) is 42.5 Å². The van der Waals surface area contributed by atoms with E-state index in [-0.39, 0.29) is 12.2 Å². The van der Waals surface area contributed by atoms with Crippen LogP contribution in [0.4, 0.5) is 18.9 Å². The molecule has 0 fully saturated rings. The summed E-state index contributed by atoms with van der Waals surface area (Å²) in [4.78, 5) is 3.92. The van der Waals surface area contributed by atoms with Crippen LogP contribution in [0.2, 0.25) is 0 Å². The number of alkyl halides is 3. The minimum atomic E-state index is -4.39. The van der Waals surface area contributed by atoms with Gasteiger partial charge in [-0.3, -0.25) is 4.98 Å². The Kier molecular flexibility index (Phi) is 4.85. The van der Waals surface area contributed by atoms with Crippen LogP contribution in [-0.2, 0) is 12.7 Å². The molecule has 0 unspecified atom stereocenters. The van der Waals surface area contributed by atoms with Crippen LogP contribution in [0.1, 0.15) is 11.3 Å². The number of anilines is 1. The average molecular weight is 361 g/mol. The van der Waals surface area contributed by atoms with Crippen molar-refractivity contribution in [2.75, 3.05) is 5.32 Å². The number of fused-ring (bicyclic) bond motifs is 1. The van der Waals surface area contributed by atoms with E-state index in [0.717, 1.165) is 34.8 Å². The van der Waals surface area contributed by atoms with Gasteiger partial charge >= 0.3 is 6.18 Å². The molecular formula is C18H14F3N3S. The van der Waals surface area contributed by atoms with Gasteiger partial charge in [0.25, 0.3) is 0 Å². The maximum atomic E-state index is 12.7. The second-order valence-corrected chi connectivity index (χ2v) is 5.81. The van der Waals surface area contributed by atoms with E-state index in [9.17, 15) is 13.2 Å². The summed E-state index contributed by atoms with van der Waals surface area (Å²) in [6, 6.07) is 15.7. The molecule has 0 saturated heterocycles. The molecule has 0 radical (unpaired) electrons. The number of rotatable bonds is 3. The summed E-state index contributed by atoms with van der Waals surface area (Å²) >= 11 is 5.19. The topological polar surface area (TPSA) is 37.0 Å². The zero-order chi connectivity index (χ0) is 17.9. The number of pyridine rings is 1. The highest BCUT2D eigenvalue weighted by atomic mass is 32.1. The third kappa shape index (κ3) is 4.45. The molecule has 0 atom stereocenters. The Morgan fingerprint density at radius 3 is 2.52 bits per heavy atom. The average Bonchev–Trinajstić information content (AvgIpc) is 2.59. The van der Waals surface area contributed by atoms with Crippen LogP contribution in [0.15, 0.2) is 60.8 Å². The van der Waals surface area contributed by atoms with Crippen molar-refractivity contribution in [2.24, 2.45) is 0 Å². The first-order chi connectivity index (χ1) is 11.9. The molecular weight excluding hydrogens is 347 g/mol. The predicted octanol–water partition coefficient (Wildman–Crippen LogP) is 4.74. The molecule has 25 heavy (non-hydrogen) atoms. The molecule has 0 aliphatic heterocycles. The number of hydrogen-bond acceptors (Lipinski definition) is 2. The van der Waals surface area contributed by atoms with Gasteiger partial charge in [0.15, 0.2) is 5.11 Å². The lowest BCUT2D eigenvalue weighted by Crippen LogP contribution is -2.28. The van der Waals surface area contributed by atoms with Gasteiger partial charge in [-0.05, 0) is 47.3 Å². The summed E-state index contributed by atoms with van der Waals surface area (Å²) in [6.07, 6.45) is -3.25. The minimum absolute atomic E-state index is 0.101. The molecule has 1 aromatic heterocycles. The molecule has 0 spiro atoms. The van der Waals surface area contributed by atoms with Crippen LogP contribution in [0.3, 0.4) is 0 Å². The second-order valence-electron chi connectivity index (χ2n) is 5.40. The highest BCUT2D eigenvalue weighted by Crippen LogP contribution is 2.29. The van der Waals surface area contributed by atoms with E-state index in [1.54, 1.807) is 0 Å². The summed E-state index contributed by atoms with van der Waals surface area (Å²) in [5.41, 5.74) is 0.332. The molecule has 128 valence electrons. The largest absolute Gasteiger partial charge is 0.416 e. The normalized spacial score (nSPS) is 11.3. The summed E-state index contributed by atoms with van der Waals surface area (Å²) in [5, 5.41) is 8.37. The zero-order valence-electron chi connectivity index (χ0n) is 13.0. The van der Waals surface area contributed by atoms with Gasteiger partial charge < -0.3 is 10.6 Å². The van der Waals surface area contributed by atoms with Crippen molar-refractivity contribution in [1.82, 2.24) is 10.3 Å². The highest BCUT2D eigenvalue weighted by molar-refractivity contribution is 7.80. The van der Waals surface area contributed by atoms with Crippen LogP contribution in [0.25, 0.3) is 10.8 Å². The third-order valence-electron chi connectivity index (χ3n) is 3.58. The number of halogens is 3. The molecule has 1 heterocycles. The van der Waals surface area contributed by atoms with Crippen molar-refractivity contribution in [3.8, 4) is 0 Å². The number of benzene rings is 2. The Balaban J connectivity index is 1.62. The van der Waals surface area contributed by atoms with Crippen molar-refractivity contribution in [3.05, 3.63) is 72.1 Å². The second kappa shape index (κ2) is 7.06. The van der Waals surface area contributed by atoms with Gasteiger partial charge in [0.1, 0.15) is 0 Å². The Bertz CT molecular complexity index is 909. The van der Waals surface area contributed by atoms with Crippen molar-refractivity contribution in [1.29, 1.82) is 0 Å². The van der Waals surface area contributed by atoms with Crippen molar-refractivity contribution in [3.63, 3.8) is 0 Å². The Hall–Kier alpha value is -2.67. The molecule has 0 amide bonds. The van der Waals surface area contributed by atoms with E-state index in [0.29, 0.717) is 5.11 Å². The van der Waals surface area contributed by atoms with Gasteiger partial charge in [0, 0.05) is 11.9 Å². The van der Waals surface area contributed by atoms with E-state index < -0.39 is 11.7 Å². The molecule has 2 aromatic carbocycles. The van der Waals surface area contributed by atoms with Gasteiger partial charge in [-0.25, -0.2) is 0 Å². The van der Waals surface area contributed by atoms with Gasteiger partial charge in [0.2, 0.25) is 0 Å². The van der Waals surface area contributed by atoms with Crippen LogP contribution < -0.4 is 10.6 Å². The summed E-state index contributed by atoms with van der Waals surface area (Å²) in [5.74, 6) is 0. The Morgan fingerprint density at radius 1 is 1.00 bits per heavy atom. The lowest BCUT2D eigenvalue weighted by atomic mass is 10.1. The molecule has 0 aliphatic rings. The number of hydrogen-bond donors (Lipinski definition) is 2. The quantitative estimate of drug-likeness (QED) is 0.661. The molecule has 0 aliphatic carbocycles. The maximum Gasteiger partial charge on any atom is 0.416 e. The van der Waals surface area contributed by atoms with Crippen LogP contribution in [0.5, 0.6) is 0 Å². The molecule has 3 aromatic rings. The molecule has 2 N–H and O–H groups in total. The first-order valence-electron chi connectivity index (χ1n) is 7.47. The van der Waals surface area contributed by atoms with Crippen LogP contribution in [0, 0.1) is 0 Å². The SMILES string of the molecule is FC(F)(F)c1ccnc(CNC(=S)Nc2ccc3ccccc3c2)c1. The van der Waals surface area contributed by atoms with E-state index in [2.05, 4.69) is 15.6 Å². The minimum Gasteiger partial charge on any atom is -0.357 e. The van der Waals surface area contributed by atoms with Crippen LogP contribution >= 0.6 is 12.2 Å². The standard InChI is InChI=1S/C18H14F3N3S/c19-18(20,21)14-7-8-22-16(10-14)11-23-17(25)24-15-6-5-12-3-1-2-4-13(12)9-15/h1-10H,11H2,(H2,23,24,25). The Labute approximate surface area is 147 Å². The highest BCUT2D eigenvalue weighted by Gasteiger charge is 2.30. The van der Waals surface area contributed by atoms with Crippen LogP contribution in [-0.4, -0.2) is 10.1 Å². The smallest absolute Gasteiger partial charge is 0.357 e. The van der Waals surface area contributed by atoms with Crippen molar-refractivity contribution < 1.29 is 13.2 Å². The fourth-order valence-electron chi connectivity index (χ4n) is 2.36. The fourth-order valence-corrected chi connectivity index (χ4v) is 2.55. The molecule has 7 heteroatoms. The van der Waals surface area contributed by atoms with Gasteiger partial charge in [-0.1, -0.05) is 30.3 Å². The summed E-state index contributed by atoms with van der Waals surface area (Å²) in [7, 11) is 0. The predicted molar refractivity (Wildman–Crippen MR) is 96.2 cm³/mol. The van der Waals surface area contributed by atoms with E-state index in [4.69, 9.17) is 12.2 Å². The first-order valence-corrected chi connectivity index (χ1v) is 7.88. The summed E-state index contributed by atoms with van der Waals surface area (Å²) < 4.78 is 38.1. The number of thiocarbonyl (C=S) groups is 1. The summed E-state index contributed by atoms with van der Waals surface area (Å²) in [6.45, 7) is 0.101. The fraction of sp³-hybridized carbons (Fsp3) is 0.111. The zero-order valence-corrected chi connectivity index (χ0v) is 13.8. The molecule has 3 nitrogen and oxygen atoms in total. The van der Waals surface area contributed by atoms with E-state index in [1.165, 1.54) is 0 Å². The number of nitrogens with zero attached hydrogens (tertiary/aromatic N) is 1. The van der Waals surface area contributed by atoms with Gasteiger partial charge in [-0.15, -0.1) is 0 Å². The number of aromatic nitrogens is 1. The van der Waals surface area contributed by atoms with Crippen molar-refractivity contribution in [2.45, 2.75) is 12.7 Å². The maximum absolute atomic E-state index is 12.7. The van der Waals surface area contributed by atoms with E-state index >= 15 is 0 Å².